The van der Waals surface area contributed by atoms with Gasteiger partial charge in [0.25, 0.3) is 0 Å². The van der Waals surface area contributed by atoms with Crippen LogP contribution in [0.2, 0.25) is 0 Å². The van der Waals surface area contributed by atoms with E-state index in [2.05, 4.69) is 88.4 Å². The molecule has 0 radical (unpaired) electrons. The smallest absolute Gasteiger partial charge is 0.229 e. The molecule has 0 spiro atoms. The lowest BCUT2D eigenvalue weighted by Crippen LogP contribution is -2.02. The number of fused-ring (bicyclic) bond motifs is 7. The maximum absolute atomic E-state index is 6.55. The predicted molar refractivity (Wildman–Crippen MR) is 146 cm³/mol. The molecule has 7 rings (SSSR count). The monoisotopic (exact) mass is 454 g/mol. The third-order valence-corrected chi connectivity index (χ3v) is 7.47. The van der Waals surface area contributed by atoms with Crippen LogP contribution >= 0.6 is 0 Å². The van der Waals surface area contributed by atoms with Crippen molar-refractivity contribution in [3.05, 3.63) is 83.6 Å². The molecule has 2 aromatic heterocycles. The number of aryl methyl sites for hydroxylation is 2. The Morgan fingerprint density at radius 2 is 1.63 bits per heavy atom. The summed E-state index contributed by atoms with van der Waals surface area (Å²) < 4.78 is 6.55. The quantitative estimate of drug-likeness (QED) is 0.245. The zero-order chi connectivity index (χ0) is 23.8. The SMILES string of the molecule is Cc1ccc2cc3c(nc2c1C)Oc1cc2c4cc(CC(C)C)ccc4ccc2c2ccnc-3c12. The van der Waals surface area contributed by atoms with Crippen molar-refractivity contribution in [3.63, 3.8) is 0 Å². The Hall–Kier alpha value is -3.98. The maximum atomic E-state index is 6.55. The summed E-state index contributed by atoms with van der Waals surface area (Å²) >= 11 is 0. The van der Waals surface area contributed by atoms with Gasteiger partial charge >= 0.3 is 0 Å². The summed E-state index contributed by atoms with van der Waals surface area (Å²) in [4.78, 5) is 9.81. The first-order chi connectivity index (χ1) is 17.0. The van der Waals surface area contributed by atoms with Crippen LogP contribution in [0.1, 0.15) is 30.5 Å². The average Bonchev–Trinajstić information content (AvgIpc) is 2.85. The van der Waals surface area contributed by atoms with Crippen molar-refractivity contribution < 1.29 is 4.74 Å². The normalized spacial score (nSPS) is 12.6. The van der Waals surface area contributed by atoms with Crippen molar-refractivity contribution in [1.29, 1.82) is 0 Å². The first-order valence-electron chi connectivity index (χ1n) is 12.3. The Bertz CT molecular complexity index is 1850. The molecule has 6 aromatic rings. The summed E-state index contributed by atoms with van der Waals surface area (Å²) in [6, 6.07) is 22.1. The van der Waals surface area contributed by atoms with Crippen LogP contribution in [-0.2, 0) is 6.42 Å². The molecule has 0 bridgehead atoms. The van der Waals surface area contributed by atoms with Gasteiger partial charge in [0, 0.05) is 11.6 Å². The van der Waals surface area contributed by atoms with Crippen LogP contribution in [0.3, 0.4) is 0 Å². The maximum Gasteiger partial charge on any atom is 0.229 e. The van der Waals surface area contributed by atoms with E-state index < -0.39 is 0 Å². The zero-order valence-corrected chi connectivity index (χ0v) is 20.4. The lowest BCUT2D eigenvalue weighted by Gasteiger charge is -2.22. The molecular weight excluding hydrogens is 428 g/mol. The van der Waals surface area contributed by atoms with Gasteiger partial charge < -0.3 is 4.74 Å². The molecule has 0 atom stereocenters. The number of hydrogen-bond donors (Lipinski definition) is 0. The molecule has 0 saturated carbocycles. The van der Waals surface area contributed by atoms with Crippen LogP contribution in [0.15, 0.2) is 66.9 Å². The second kappa shape index (κ2) is 7.26. The molecule has 1 aliphatic rings. The highest BCUT2D eigenvalue weighted by Gasteiger charge is 2.25. The number of aromatic nitrogens is 2. The largest absolute Gasteiger partial charge is 0.438 e. The Balaban J connectivity index is 1.55. The summed E-state index contributed by atoms with van der Waals surface area (Å²) in [6.45, 7) is 8.79. The van der Waals surface area contributed by atoms with Gasteiger partial charge in [-0.15, -0.1) is 0 Å². The molecule has 0 aliphatic carbocycles. The van der Waals surface area contributed by atoms with Crippen molar-refractivity contribution in [1.82, 2.24) is 9.97 Å². The first kappa shape index (κ1) is 20.4. The molecule has 0 N–H and O–H groups in total. The van der Waals surface area contributed by atoms with Crippen molar-refractivity contribution in [2.24, 2.45) is 5.92 Å². The average molecular weight is 455 g/mol. The molecule has 35 heavy (non-hydrogen) atoms. The molecule has 0 fully saturated rings. The van der Waals surface area contributed by atoms with E-state index in [1.165, 1.54) is 43.6 Å². The number of nitrogens with zero attached hydrogens (tertiary/aromatic N) is 2. The van der Waals surface area contributed by atoms with Gasteiger partial charge in [0.15, 0.2) is 0 Å². The van der Waals surface area contributed by atoms with E-state index in [0.29, 0.717) is 11.8 Å². The van der Waals surface area contributed by atoms with Gasteiger partial charge in [0.05, 0.1) is 22.2 Å². The predicted octanol–water partition coefficient (Wildman–Crippen LogP) is 8.68. The van der Waals surface area contributed by atoms with Gasteiger partial charge in [-0.1, -0.05) is 56.3 Å². The molecule has 1 aliphatic heterocycles. The second-order valence-corrected chi connectivity index (χ2v) is 10.3. The zero-order valence-electron chi connectivity index (χ0n) is 20.4. The highest BCUT2D eigenvalue weighted by molar-refractivity contribution is 6.21. The molecule has 0 unspecified atom stereocenters. The Labute approximate surface area is 204 Å². The van der Waals surface area contributed by atoms with Crippen molar-refractivity contribution in [2.75, 3.05) is 0 Å². The van der Waals surface area contributed by atoms with E-state index in [1.54, 1.807) is 0 Å². The fraction of sp³-hybridized carbons (Fsp3) is 0.188. The van der Waals surface area contributed by atoms with Crippen LogP contribution in [0, 0.1) is 19.8 Å². The Kier molecular flexibility index (Phi) is 4.23. The fourth-order valence-electron chi connectivity index (χ4n) is 5.62. The molecule has 170 valence electrons. The van der Waals surface area contributed by atoms with E-state index in [9.17, 15) is 0 Å². The molecule has 0 saturated heterocycles. The summed E-state index contributed by atoms with van der Waals surface area (Å²) in [5.74, 6) is 2.09. The highest BCUT2D eigenvalue weighted by Crippen LogP contribution is 2.48. The fourth-order valence-corrected chi connectivity index (χ4v) is 5.62. The molecule has 3 heteroatoms. The Morgan fingerprint density at radius 1 is 0.800 bits per heavy atom. The van der Waals surface area contributed by atoms with Crippen LogP contribution in [0.4, 0.5) is 0 Å². The summed E-state index contributed by atoms with van der Waals surface area (Å²) in [5.41, 5.74) is 6.68. The lowest BCUT2D eigenvalue weighted by molar-refractivity contribution is 0.469. The van der Waals surface area contributed by atoms with E-state index >= 15 is 0 Å². The van der Waals surface area contributed by atoms with E-state index in [1.807, 2.05) is 6.20 Å². The number of rotatable bonds is 2. The molecule has 0 amide bonds. The topological polar surface area (TPSA) is 35.0 Å². The van der Waals surface area contributed by atoms with Gasteiger partial charge in [-0.25, -0.2) is 4.98 Å². The minimum absolute atomic E-state index is 0.617. The molecule has 3 heterocycles. The van der Waals surface area contributed by atoms with Crippen LogP contribution in [0.25, 0.3) is 54.5 Å². The molecule has 4 aromatic carbocycles. The van der Waals surface area contributed by atoms with Gasteiger partial charge in [0.2, 0.25) is 5.88 Å². The third-order valence-electron chi connectivity index (χ3n) is 7.47. The summed E-state index contributed by atoms with van der Waals surface area (Å²) in [6.07, 6.45) is 2.99. The Morgan fingerprint density at radius 3 is 2.49 bits per heavy atom. The molecular formula is C32H26N2O. The van der Waals surface area contributed by atoms with Crippen LogP contribution in [-0.4, -0.2) is 9.97 Å². The summed E-state index contributed by atoms with van der Waals surface area (Å²) in [7, 11) is 0. The minimum Gasteiger partial charge on any atom is -0.438 e. The summed E-state index contributed by atoms with van der Waals surface area (Å²) in [5, 5.41) is 8.31. The standard InChI is InChI=1S/C32H26N2O/c1-17(2)13-20-6-8-21-9-10-23-24-11-12-33-31-27-15-22-7-5-18(3)19(4)30(22)34-32(27)35-28(29(24)31)16-26(23)25(21)14-20/h5-12,14-17H,13H2,1-4H3. The number of pyridine rings is 2. The van der Waals surface area contributed by atoms with E-state index in [-0.39, 0.29) is 0 Å². The van der Waals surface area contributed by atoms with Crippen LogP contribution < -0.4 is 4.74 Å². The minimum atomic E-state index is 0.617. The lowest BCUT2D eigenvalue weighted by atomic mass is 9.92. The second-order valence-electron chi connectivity index (χ2n) is 10.3. The van der Waals surface area contributed by atoms with Crippen LogP contribution in [0.5, 0.6) is 11.6 Å². The number of ether oxygens (including phenoxy) is 1. The first-order valence-corrected chi connectivity index (χ1v) is 12.3. The number of benzene rings is 4. The number of hydrogen-bond acceptors (Lipinski definition) is 3. The van der Waals surface area contributed by atoms with Gasteiger partial charge in [-0.2, -0.15) is 0 Å². The van der Waals surface area contributed by atoms with Crippen molar-refractivity contribution >= 4 is 43.2 Å². The highest BCUT2D eigenvalue weighted by atomic mass is 16.5. The molecule has 3 nitrogen and oxygen atoms in total. The van der Waals surface area contributed by atoms with Gasteiger partial charge in [-0.3, -0.25) is 4.98 Å². The van der Waals surface area contributed by atoms with E-state index in [4.69, 9.17) is 14.7 Å². The third kappa shape index (κ3) is 2.97. The van der Waals surface area contributed by atoms with Gasteiger partial charge in [0.1, 0.15) is 5.75 Å². The van der Waals surface area contributed by atoms with Crippen molar-refractivity contribution in [2.45, 2.75) is 34.1 Å². The van der Waals surface area contributed by atoms with Gasteiger partial charge in [-0.05, 0) is 88.0 Å². The van der Waals surface area contributed by atoms with E-state index in [0.717, 1.165) is 39.7 Å². The van der Waals surface area contributed by atoms with Crippen molar-refractivity contribution in [3.8, 4) is 22.9 Å².